The molecule has 0 saturated carbocycles. The van der Waals surface area contributed by atoms with Gasteiger partial charge in [-0.1, -0.05) is 38.1 Å². The van der Waals surface area contributed by atoms with Crippen LogP contribution >= 0.6 is 0 Å². The van der Waals surface area contributed by atoms with Gasteiger partial charge in [0.2, 0.25) is 5.91 Å². The quantitative estimate of drug-likeness (QED) is 0.803. The first kappa shape index (κ1) is 14.0. The topological polar surface area (TPSA) is 66.4 Å². The number of carbonyl (C=O) groups excluding carboxylic acids is 1. The highest BCUT2D eigenvalue weighted by molar-refractivity contribution is 5.96. The Morgan fingerprint density at radius 1 is 1.22 bits per heavy atom. The summed E-state index contributed by atoms with van der Waals surface area (Å²) in [6, 6.07) is 7.56. The molecule has 4 nitrogen and oxygen atoms in total. The number of hydrogen-bond donors (Lipinski definition) is 2. The van der Waals surface area contributed by atoms with Gasteiger partial charge in [0.15, 0.2) is 0 Å². The summed E-state index contributed by atoms with van der Waals surface area (Å²) in [4.78, 5) is 21.8. The minimum absolute atomic E-state index is 0.125. The highest BCUT2D eigenvalue weighted by Gasteiger charge is 2.08. The second kappa shape index (κ2) is 6.00. The molecular weight excluding hydrogens is 230 g/mol. The normalized spacial score (nSPS) is 11.4. The molecule has 2 N–H and O–H groups in total. The highest BCUT2D eigenvalue weighted by Crippen LogP contribution is 2.15. The number of aliphatic carboxylic acids is 1. The second-order valence-electron chi connectivity index (χ2n) is 4.37. The van der Waals surface area contributed by atoms with Gasteiger partial charge in [-0.25, -0.2) is 4.79 Å². The standard InChI is InChI=1S/C14H17NO3/c1-9(2)12-6-4-11(5-7-12)8-13(14(17)18)15-10(3)16/h4-9H,1-3H3,(H,15,16)(H,17,18). The molecule has 0 atom stereocenters. The molecule has 1 amide bonds. The molecule has 1 aromatic carbocycles. The Morgan fingerprint density at radius 3 is 2.17 bits per heavy atom. The summed E-state index contributed by atoms with van der Waals surface area (Å²) >= 11 is 0. The molecule has 0 unspecified atom stereocenters. The fourth-order valence-electron chi connectivity index (χ4n) is 1.48. The van der Waals surface area contributed by atoms with Gasteiger partial charge in [-0.2, -0.15) is 0 Å². The third-order valence-corrected chi connectivity index (χ3v) is 2.46. The van der Waals surface area contributed by atoms with Crippen molar-refractivity contribution >= 4 is 18.0 Å². The van der Waals surface area contributed by atoms with Crippen LogP contribution in [-0.2, 0) is 9.59 Å². The first-order chi connectivity index (χ1) is 8.40. The summed E-state index contributed by atoms with van der Waals surface area (Å²) in [6.45, 7) is 5.45. The largest absolute Gasteiger partial charge is 0.477 e. The summed E-state index contributed by atoms with van der Waals surface area (Å²) in [5.41, 5.74) is 1.80. The van der Waals surface area contributed by atoms with Gasteiger partial charge >= 0.3 is 5.97 Å². The van der Waals surface area contributed by atoms with Crippen molar-refractivity contribution in [2.75, 3.05) is 0 Å². The van der Waals surface area contributed by atoms with E-state index in [4.69, 9.17) is 5.11 Å². The Labute approximate surface area is 106 Å². The van der Waals surface area contributed by atoms with Crippen LogP contribution in [0.15, 0.2) is 30.0 Å². The first-order valence-corrected chi connectivity index (χ1v) is 5.72. The van der Waals surface area contributed by atoms with E-state index in [-0.39, 0.29) is 5.70 Å². The predicted octanol–water partition coefficient (Wildman–Crippen LogP) is 2.37. The minimum atomic E-state index is -1.15. The summed E-state index contributed by atoms with van der Waals surface area (Å²) in [7, 11) is 0. The molecule has 0 aliphatic rings. The van der Waals surface area contributed by atoms with Crippen molar-refractivity contribution in [2.24, 2.45) is 0 Å². The summed E-state index contributed by atoms with van der Waals surface area (Å²) in [6.07, 6.45) is 1.44. The van der Waals surface area contributed by atoms with Crippen molar-refractivity contribution in [2.45, 2.75) is 26.7 Å². The molecule has 18 heavy (non-hydrogen) atoms. The van der Waals surface area contributed by atoms with Crippen molar-refractivity contribution in [3.8, 4) is 0 Å². The molecule has 0 spiro atoms. The Bertz CT molecular complexity index is 472. The Kier molecular flexibility index (Phi) is 4.66. The average molecular weight is 247 g/mol. The Balaban J connectivity index is 2.97. The van der Waals surface area contributed by atoms with Crippen LogP contribution in [0.25, 0.3) is 6.08 Å². The number of amides is 1. The van der Waals surface area contributed by atoms with Gasteiger partial charge < -0.3 is 10.4 Å². The van der Waals surface area contributed by atoms with E-state index in [0.29, 0.717) is 5.92 Å². The van der Waals surface area contributed by atoms with Crippen LogP contribution in [0, 0.1) is 0 Å². The number of carboxylic acid groups (broad SMARTS) is 1. The highest BCUT2D eigenvalue weighted by atomic mass is 16.4. The smallest absolute Gasteiger partial charge is 0.352 e. The molecule has 0 radical (unpaired) electrons. The van der Waals surface area contributed by atoms with Crippen LogP contribution in [0.4, 0.5) is 0 Å². The number of nitrogens with one attached hydrogen (secondary N) is 1. The van der Waals surface area contributed by atoms with E-state index in [1.807, 2.05) is 24.3 Å². The fraction of sp³-hybridized carbons (Fsp3) is 0.286. The molecule has 1 rings (SSSR count). The van der Waals surface area contributed by atoms with E-state index in [1.54, 1.807) is 0 Å². The Morgan fingerprint density at radius 2 is 1.78 bits per heavy atom. The van der Waals surface area contributed by atoms with Crippen LogP contribution in [-0.4, -0.2) is 17.0 Å². The number of rotatable bonds is 4. The molecule has 0 aliphatic carbocycles. The SMILES string of the molecule is CC(=O)NC(=Cc1ccc(C(C)C)cc1)C(=O)O. The van der Waals surface area contributed by atoms with E-state index in [9.17, 15) is 9.59 Å². The van der Waals surface area contributed by atoms with Crippen molar-refractivity contribution in [1.82, 2.24) is 5.32 Å². The van der Waals surface area contributed by atoms with Crippen LogP contribution in [0.1, 0.15) is 37.8 Å². The zero-order valence-electron chi connectivity index (χ0n) is 10.7. The van der Waals surface area contributed by atoms with Gasteiger partial charge in [-0.05, 0) is 23.1 Å². The molecule has 0 saturated heterocycles. The average Bonchev–Trinajstić information content (AvgIpc) is 2.28. The van der Waals surface area contributed by atoms with Gasteiger partial charge in [-0.15, -0.1) is 0 Å². The van der Waals surface area contributed by atoms with Crippen LogP contribution in [0.2, 0.25) is 0 Å². The maximum absolute atomic E-state index is 10.9. The maximum Gasteiger partial charge on any atom is 0.352 e. The van der Waals surface area contributed by atoms with Gasteiger partial charge in [0.1, 0.15) is 5.70 Å². The number of benzene rings is 1. The van der Waals surface area contributed by atoms with Crippen LogP contribution in [0.3, 0.4) is 0 Å². The zero-order chi connectivity index (χ0) is 13.7. The first-order valence-electron chi connectivity index (χ1n) is 5.72. The summed E-state index contributed by atoms with van der Waals surface area (Å²) < 4.78 is 0. The van der Waals surface area contributed by atoms with E-state index in [2.05, 4.69) is 19.2 Å². The lowest BCUT2D eigenvalue weighted by Crippen LogP contribution is -2.24. The second-order valence-corrected chi connectivity index (χ2v) is 4.37. The Hall–Kier alpha value is -2.10. The van der Waals surface area contributed by atoms with Gasteiger partial charge in [0.05, 0.1) is 0 Å². The van der Waals surface area contributed by atoms with E-state index in [0.717, 1.165) is 5.56 Å². The molecule has 4 heteroatoms. The monoisotopic (exact) mass is 247 g/mol. The third-order valence-electron chi connectivity index (χ3n) is 2.46. The summed E-state index contributed by atoms with van der Waals surface area (Å²) in [5, 5.41) is 11.2. The zero-order valence-corrected chi connectivity index (χ0v) is 10.7. The van der Waals surface area contributed by atoms with Crippen LogP contribution in [0.5, 0.6) is 0 Å². The number of carboxylic acids is 1. The number of hydrogen-bond acceptors (Lipinski definition) is 2. The van der Waals surface area contributed by atoms with E-state index >= 15 is 0 Å². The van der Waals surface area contributed by atoms with Crippen molar-refractivity contribution < 1.29 is 14.7 Å². The molecule has 0 fully saturated rings. The fourth-order valence-corrected chi connectivity index (χ4v) is 1.48. The van der Waals surface area contributed by atoms with Gasteiger partial charge in [-0.3, -0.25) is 4.79 Å². The minimum Gasteiger partial charge on any atom is -0.477 e. The third kappa shape index (κ3) is 4.05. The molecule has 0 heterocycles. The lowest BCUT2D eigenvalue weighted by molar-refractivity contribution is -0.134. The lowest BCUT2D eigenvalue weighted by atomic mass is 10.0. The maximum atomic E-state index is 10.9. The molecular formula is C14H17NO3. The lowest BCUT2D eigenvalue weighted by Gasteiger charge is -2.06. The van der Waals surface area contributed by atoms with Gasteiger partial charge in [0.25, 0.3) is 0 Å². The molecule has 0 aliphatic heterocycles. The van der Waals surface area contributed by atoms with Crippen molar-refractivity contribution in [1.29, 1.82) is 0 Å². The molecule has 96 valence electrons. The van der Waals surface area contributed by atoms with E-state index < -0.39 is 11.9 Å². The molecule has 0 aromatic heterocycles. The van der Waals surface area contributed by atoms with Crippen LogP contribution < -0.4 is 5.32 Å². The predicted molar refractivity (Wildman–Crippen MR) is 70.0 cm³/mol. The van der Waals surface area contributed by atoms with Crippen molar-refractivity contribution in [3.05, 3.63) is 41.1 Å². The molecule has 1 aromatic rings. The molecule has 0 bridgehead atoms. The number of carbonyl (C=O) groups is 2. The van der Waals surface area contributed by atoms with Gasteiger partial charge in [0, 0.05) is 6.92 Å². The summed E-state index contributed by atoms with van der Waals surface area (Å²) in [5.74, 6) is -1.13. The van der Waals surface area contributed by atoms with E-state index in [1.165, 1.54) is 18.6 Å². The van der Waals surface area contributed by atoms with Crippen molar-refractivity contribution in [3.63, 3.8) is 0 Å².